The van der Waals surface area contributed by atoms with Crippen molar-refractivity contribution in [2.45, 2.75) is 39.5 Å². The number of carbonyl (C=O) groups excluding carboxylic acids is 2. The molecule has 0 radical (unpaired) electrons. The van der Waals surface area contributed by atoms with Gasteiger partial charge in [-0.3, -0.25) is 9.59 Å². The molecule has 25 heavy (non-hydrogen) atoms. The van der Waals surface area contributed by atoms with E-state index in [0.29, 0.717) is 13.0 Å². The van der Waals surface area contributed by atoms with Crippen molar-refractivity contribution in [2.24, 2.45) is 5.41 Å². The lowest BCUT2D eigenvalue weighted by Crippen LogP contribution is -2.52. The number of likely N-dealkylation sites (tertiary alicyclic amines) is 2. The van der Waals surface area contributed by atoms with E-state index in [4.69, 9.17) is 0 Å². The Bertz CT molecular complexity index is 667. The first-order valence-corrected chi connectivity index (χ1v) is 9.19. The van der Waals surface area contributed by atoms with Gasteiger partial charge in [-0.2, -0.15) is 0 Å². The van der Waals surface area contributed by atoms with Crippen molar-refractivity contribution in [1.82, 2.24) is 9.80 Å². The molecule has 0 aromatic heterocycles. The molecule has 0 aliphatic carbocycles. The van der Waals surface area contributed by atoms with Crippen molar-refractivity contribution in [3.8, 4) is 0 Å². The van der Waals surface area contributed by atoms with Gasteiger partial charge in [0.2, 0.25) is 5.91 Å². The fourth-order valence-electron chi connectivity index (χ4n) is 4.30. The molecule has 0 unspecified atom stereocenters. The summed E-state index contributed by atoms with van der Waals surface area (Å²) in [6.07, 6.45) is 5.33. The van der Waals surface area contributed by atoms with Crippen molar-refractivity contribution >= 4 is 11.8 Å². The van der Waals surface area contributed by atoms with Crippen LogP contribution in [-0.4, -0.2) is 47.8 Å². The molecule has 0 atom stereocenters. The van der Waals surface area contributed by atoms with E-state index in [0.717, 1.165) is 55.6 Å². The normalized spacial score (nSPS) is 20.0. The third kappa shape index (κ3) is 3.78. The molecular weight excluding hydrogens is 312 g/mol. The fourth-order valence-corrected chi connectivity index (χ4v) is 4.30. The van der Waals surface area contributed by atoms with E-state index in [1.807, 2.05) is 35.8 Å². The SMILES string of the molecule is C=CCN1CC2(CCC1=O)CCN(C(=O)c1cc(C)cc(C)c1)CC2. The number of piperidine rings is 2. The molecular formula is C21H28N2O2. The minimum atomic E-state index is 0.136. The summed E-state index contributed by atoms with van der Waals surface area (Å²) in [6.45, 7) is 10.8. The van der Waals surface area contributed by atoms with Crippen LogP contribution in [0.4, 0.5) is 0 Å². The summed E-state index contributed by atoms with van der Waals surface area (Å²) in [4.78, 5) is 28.8. The number of rotatable bonds is 3. The molecule has 2 aliphatic rings. The van der Waals surface area contributed by atoms with Gasteiger partial charge in [0.15, 0.2) is 0 Å². The first-order valence-electron chi connectivity index (χ1n) is 9.19. The van der Waals surface area contributed by atoms with Crippen LogP contribution in [0.2, 0.25) is 0 Å². The fraction of sp³-hybridized carbons (Fsp3) is 0.524. The highest BCUT2D eigenvalue weighted by molar-refractivity contribution is 5.94. The number of amides is 2. The first-order chi connectivity index (χ1) is 11.9. The zero-order valence-electron chi connectivity index (χ0n) is 15.4. The molecule has 4 nitrogen and oxygen atoms in total. The quantitative estimate of drug-likeness (QED) is 0.792. The molecule has 2 amide bonds. The molecule has 2 aliphatic heterocycles. The Morgan fingerprint density at radius 2 is 1.80 bits per heavy atom. The third-order valence-corrected chi connectivity index (χ3v) is 5.68. The van der Waals surface area contributed by atoms with Crippen molar-refractivity contribution in [3.05, 3.63) is 47.5 Å². The second-order valence-electron chi connectivity index (χ2n) is 7.73. The molecule has 0 saturated carbocycles. The maximum atomic E-state index is 12.8. The van der Waals surface area contributed by atoms with Crippen LogP contribution < -0.4 is 0 Å². The molecule has 0 bridgehead atoms. The Labute approximate surface area is 150 Å². The summed E-state index contributed by atoms with van der Waals surface area (Å²) in [6, 6.07) is 6.05. The highest BCUT2D eigenvalue weighted by Crippen LogP contribution is 2.40. The Kier molecular flexibility index (Phi) is 4.98. The monoisotopic (exact) mass is 340 g/mol. The maximum Gasteiger partial charge on any atom is 0.253 e. The molecule has 0 N–H and O–H groups in total. The summed E-state index contributed by atoms with van der Waals surface area (Å²) in [5.41, 5.74) is 3.22. The summed E-state index contributed by atoms with van der Waals surface area (Å²) >= 11 is 0. The average molecular weight is 340 g/mol. The number of carbonyl (C=O) groups is 2. The molecule has 134 valence electrons. The van der Waals surface area contributed by atoms with Gasteiger partial charge in [0.1, 0.15) is 0 Å². The van der Waals surface area contributed by atoms with E-state index >= 15 is 0 Å². The van der Waals surface area contributed by atoms with Gasteiger partial charge in [-0.1, -0.05) is 23.3 Å². The lowest BCUT2D eigenvalue weighted by atomic mass is 9.72. The van der Waals surface area contributed by atoms with Crippen molar-refractivity contribution < 1.29 is 9.59 Å². The molecule has 2 fully saturated rings. The topological polar surface area (TPSA) is 40.6 Å². The van der Waals surface area contributed by atoms with Crippen LogP contribution in [0.25, 0.3) is 0 Å². The van der Waals surface area contributed by atoms with Crippen LogP contribution in [0.5, 0.6) is 0 Å². The van der Waals surface area contributed by atoms with E-state index in [2.05, 4.69) is 12.6 Å². The Morgan fingerprint density at radius 3 is 2.40 bits per heavy atom. The van der Waals surface area contributed by atoms with Crippen LogP contribution >= 0.6 is 0 Å². The minimum Gasteiger partial charge on any atom is -0.339 e. The zero-order chi connectivity index (χ0) is 18.0. The molecule has 1 spiro atoms. The second kappa shape index (κ2) is 7.03. The van der Waals surface area contributed by atoms with E-state index in [-0.39, 0.29) is 17.2 Å². The van der Waals surface area contributed by atoms with Crippen LogP contribution in [0.1, 0.15) is 47.2 Å². The van der Waals surface area contributed by atoms with Gasteiger partial charge in [0.05, 0.1) is 0 Å². The van der Waals surface area contributed by atoms with Gasteiger partial charge < -0.3 is 9.80 Å². The van der Waals surface area contributed by atoms with Gasteiger partial charge in [0.25, 0.3) is 5.91 Å². The smallest absolute Gasteiger partial charge is 0.253 e. The van der Waals surface area contributed by atoms with Crippen molar-refractivity contribution in [1.29, 1.82) is 0 Å². The first kappa shape index (κ1) is 17.7. The van der Waals surface area contributed by atoms with E-state index in [9.17, 15) is 9.59 Å². The number of hydrogen-bond donors (Lipinski definition) is 0. The number of benzene rings is 1. The van der Waals surface area contributed by atoms with Gasteiger partial charge >= 0.3 is 0 Å². The van der Waals surface area contributed by atoms with Gasteiger partial charge in [-0.15, -0.1) is 6.58 Å². The van der Waals surface area contributed by atoms with E-state index in [1.165, 1.54) is 0 Å². The Hall–Kier alpha value is -2.10. The van der Waals surface area contributed by atoms with E-state index < -0.39 is 0 Å². The molecule has 2 saturated heterocycles. The molecule has 3 rings (SSSR count). The Morgan fingerprint density at radius 1 is 1.16 bits per heavy atom. The van der Waals surface area contributed by atoms with Gasteiger partial charge in [0, 0.05) is 38.2 Å². The van der Waals surface area contributed by atoms with Crippen LogP contribution in [0.15, 0.2) is 30.9 Å². The number of nitrogens with zero attached hydrogens (tertiary/aromatic N) is 2. The van der Waals surface area contributed by atoms with Crippen molar-refractivity contribution in [3.63, 3.8) is 0 Å². The highest BCUT2D eigenvalue weighted by Gasteiger charge is 2.41. The lowest BCUT2D eigenvalue weighted by molar-refractivity contribution is -0.138. The summed E-state index contributed by atoms with van der Waals surface area (Å²) in [5, 5.41) is 0. The molecule has 4 heteroatoms. The summed E-state index contributed by atoms with van der Waals surface area (Å²) in [5.74, 6) is 0.371. The number of hydrogen-bond acceptors (Lipinski definition) is 2. The predicted octanol–water partition coefficient (Wildman–Crippen LogP) is 3.33. The standard InChI is InChI=1S/C21H28N2O2/c1-4-9-23-15-21(6-5-19(23)24)7-10-22(11-8-21)20(25)18-13-16(2)12-17(3)14-18/h4,12-14H,1,5-11,15H2,2-3H3. The van der Waals surface area contributed by atoms with Crippen LogP contribution in [0, 0.1) is 19.3 Å². The maximum absolute atomic E-state index is 12.8. The lowest BCUT2D eigenvalue weighted by Gasteiger charge is -2.47. The van der Waals surface area contributed by atoms with Crippen LogP contribution in [0.3, 0.4) is 0 Å². The molecule has 1 aromatic rings. The van der Waals surface area contributed by atoms with E-state index in [1.54, 1.807) is 6.08 Å². The largest absolute Gasteiger partial charge is 0.339 e. The minimum absolute atomic E-state index is 0.136. The van der Waals surface area contributed by atoms with Crippen molar-refractivity contribution in [2.75, 3.05) is 26.2 Å². The predicted molar refractivity (Wildman–Crippen MR) is 99.5 cm³/mol. The third-order valence-electron chi connectivity index (χ3n) is 5.68. The molecule has 1 aromatic carbocycles. The average Bonchev–Trinajstić information content (AvgIpc) is 2.58. The van der Waals surface area contributed by atoms with Gasteiger partial charge in [-0.05, 0) is 50.7 Å². The Balaban J connectivity index is 1.66. The second-order valence-corrected chi connectivity index (χ2v) is 7.73. The summed E-state index contributed by atoms with van der Waals surface area (Å²) in [7, 11) is 0. The van der Waals surface area contributed by atoms with Crippen LogP contribution in [-0.2, 0) is 4.79 Å². The zero-order valence-corrected chi connectivity index (χ0v) is 15.4. The summed E-state index contributed by atoms with van der Waals surface area (Å²) < 4.78 is 0. The number of aryl methyl sites for hydroxylation is 2. The highest BCUT2D eigenvalue weighted by atomic mass is 16.2. The molecule has 2 heterocycles. The van der Waals surface area contributed by atoms with Gasteiger partial charge in [-0.25, -0.2) is 0 Å².